The van der Waals surface area contributed by atoms with Crippen LogP contribution in [0.3, 0.4) is 0 Å². The summed E-state index contributed by atoms with van der Waals surface area (Å²) in [5.41, 5.74) is 10.0. The second-order valence-corrected chi connectivity index (χ2v) is 15.7. The Hall–Kier alpha value is -4.81. The average Bonchev–Trinajstić information content (AvgIpc) is 3.14. The number of anilines is 2. The molecular weight excluding hydrogens is 707 g/mol. The third kappa shape index (κ3) is 9.60. The Morgan fingerprint density at radius 2 is 1.28 bits per heavy atom. The maximum Gasteiger partial charge on any atom is 0.294 e. The Balaban J connectivity index is 1.53. The zero-order chi connectivity index (χ0) is 38.3. The molecule has 4 aromatic rings. The van der Waals surface area contributed by atoms with E-state index in [0.717, 1.165) is 63.5 Å². The molecule has 0 saturated heterocycles. The summed E-state index contributed by atoms with van der Waals surface area (Å²) in [4.78, 5) is 4.10. The standard InChI is InChI=1S/C42H47N3O6S2/c1-6-43(7-2)38-24-25-41(31(5)26-38)42(34-16-20-36(21-17-34)44(8-3)29-32-12-10-14-39(27-32)52(46,47)48)35-18-22-37(23-19-35)45(9-4)30-33-13-11-15-40(28-33)53(49,50)51/h10-28H,6-9,29-30H2,1-5H3,(H-,46,47,48,49,50,51). The summed E-state index contributed by atoms with van der Waals surface area (Å²) in [5, 5.41) is 0. The fraction of sp³-hybridized carbons (Fsp3) is 0.262. The predicted molar refractivity (Wildman–Crippen MR) is 212 cm³/mol. The van der Waals surface area contributed by atoms with Crippen LogP contribution in [0.5, 0.6) is 0 Å². The average molecular weight is 754 g/mol. The van der Waals surface area contributed by atoms with E-state index in [-0.39, 0.29) is 9.79 Å². The predicted octanol–water partition coefficient (Wildman–Crippen LogP) is 7.62. The third-order valence-electron chi connectivity index (χ3n) is 9.54. The SMILES string of the molecule is CCN(CC)c1ccc(C(=C2C=CC(=[N+](CC)Cc3cccc(S(=O)(=O)O)c3)C=C2)c2ccc(N(CC)Cc3cccc(S(=O)(=O)[O-])c3)cc2)c(C)c1. The molecule has 0 amide bonds. The summed E-state index contributed by atoms with van der Waals surface area (Å²) in [7, 11) is -8.85. The van der Waals surface area contributed by atoms with Crippen molar-refractivity contribution in [3.63, 3.8) is 0 Å². The number of hydrogen-bond donors (Lipinski definition) is 1. The molecule has 0 aliphatic heterocycles. The van der Waals surface area contributed by atoms with Gasteiger partial charge in [0.1, 0.15) is 16.7 Å². The van der Waals surface area contributed by atoms with Gasteiger partial charge >= 0.3 is 0 Å². The van der Waals surface area contributed by atoms with E-state index in [0.29, 0.717) is 26.2 Å². The lowest BCUT2D eigenvalue weighted by Gasteiger charge is -2.25. The number of allylic oxidation sites excluding steroid dienone is 5. The minimum Gasteiger partial charge on any atom is -0.744 e. The van der Waals surface area contributed by atoms with Crippen molar-refractivity contribution in [2.24, 2.45) is 0 Å². The van der Waals surface area contributed by atoms with E-state index in [1.54, 1.807) is 12.1 Å². The van der Waals surface area contributed by atoms with E-state index in [9.17, 15) is 25.9 Å². The lowest BCUT2D eigenvalue weighted by Crippen LogP contribution is -2.22. The fourth-order valence-corrected chi connectivity index (χ4v) is 7.78. The Bertz CT molecular complexity index is 2290. The molecule has 0 fully saturated rings. The smallest absolute Gasteiger partial charge is 0.294 e. The zero-order valence-corrected chi connectivity index (χ0v) is 32.5. The van der Waals surface area contributed by atoms with E-state index in [1.807, 2.05) is 26.0 Å². The molecule has 278 valence electrons. The van der Waals surface area contributed by atoms with Crippen molar-refractivity contribution >= 4 is 42.9 Å². The summed E-state index contributed by atoms with van der Waals surface area (Å²) in [6.45, 7) is 14.6. The maximum atomic E-state index is 11.7. The topological polar surface area (TPSA) is 121 Å². The molecule has 11 heteroatoms. The van der Waals surface area contributed by atoms with Crippen LogP contribution in [0, 0.1) is 6.92 Å². The van der Waals surface area contributed by atoms with E-state index >= 15 is 0 Å². The molecule has 0 bridgehead atoms. The van der Waals surface area contributed by atoms with Gasteiger partial charge in [0.2, 0.25) is 0 Å². The van der Waals surface area contributed by atoms with Gasteiger partial charge < -0.3 is 14.4 Å². The molecule has 0 unspecified atom stereocenters. The number of nitrogens with zero attached hydrogens (tertiary/aromatic N) is 3. The van der Waals surface area contributed by atoms with Crippen LogP contribution in [0.25, 0.3) is 5.57 Å². The summed E-state index contributed by atoms with van der Waals surface area (Å²) in [6, 6.07) is 27.5. The van der Waals surface area contributed by atoms with Crippen LogP contribution in [-0.2, 0) is 33.3 Å². The van der Waals surface area contributed by atoms with Crippen LogP contribution in [0.1, 0.15) is 55.5 Å². The van der Waals surface area contributed by atoms with Gasteiger partial charge in [-0.25, -0.2) is 13.0 Å². The monoisotopic (exact) mass is 753 g/mol. The first kappa shape index (κ1) is 39.4. The van der Waals surface area contributed by atoms with Gasteiger partial charge in [-0.1, -0.05) is 42.5 Å². The highest BCUT2D eigenvalue weighted by atomic mass is 32.2. The first-order valence-corrected chi connectivity index (χ1v) is 20.6. The summed E-state index contributed by atoms with van der Waals surface area (Å²) >= 11 is 0. The number of aryl methyl sites for hydroxylation is 1. The molecule has 4 aromatic carbocycles. The van der Waals surface area contributed by atoms with E-state index < -0.39 is 20.2 Å². The molecule has 0 spiro atoms. The zero-order valence-electron chi connectivity index (χ0n) is 30.9. The van der Waals surface area contributed by atoms with E-state index in [4.69, 9.17) is 0 Å². The lowest BCUT2D eigenvalue weighted by molar-refractivity contribution is -0.539. The van der Waals surface area contributed by atoms with Crippen LogP contribution in [-0.4, -0.2) is 62.4 Å². The molecule has 0 aromatic heterocycles. The molecule has 0 saturated carbocycles. The minimum absolute atomic E-state index is 0.125. The Morgan fingerprint density at radius 3 is 1.85 bits per heavy atom. The van der Waals surface area contributed by atoms with Gasteiger partial charge in [-0.05, 0) is 129 Å². The van der Waals surface area contributed by atoms with Gasteiger partial charge in [-0.15, -0.1) is 0 Å². The summed E-state index contributed by atoms with van der Waals surface area (Å²) in [6.07, 6.45) is 8.38. The second-order valence-electron chi connectivity index (χ2n) is 12.9. The van der Waals surface area contributed by atoms with Gasteiger partial charge in [0, 0.05) is 55.3 Å². The van der Waals surface area contributed by atoms with Gasteiger partial charge in [-0.3, -0.25) is 4.55 Å². The van der Waals surface area contributed by atoms with Crippen molar-refractivity contribution in [2.75, 3.05) is 36.0 Å². The van der Waals surface area contributed by atoms with Crippen molar-refractivity contribution in [2.45, 2.75) is 57.5 Å². The Morgan fingerprint density at radius 1 is 0.698 bits per heavy atom. The first-order valence-electron chi connectivity index (χ1n) is 17.8. The van der Waals surface area contributed by atoms with Crippen molar-refractivity contribution in [1.29, 1.82) is 0 Å². The minimum atomic E-state index is -4.55. The van der Waals surface area contributed by atoms with E-state index in [2.05, 4.69) is 102 Å². The third-order valence-corrected chi connectivity index (χ3v) is 11.2. The number of benzene rings is 4. The molecule has 0 atom stereocenters. The molecule has 5 rings (SSSR count). The highest BCUT2D eigenvalue weighted by Crippen LogP contribution is 2.35. The van der Waals surface area contributed by atoms with Crippen LogP contribution in [0.4, 0.5) is 11.4 Å². The van der Waals surface area contributed by atoms with E-state index in [1.165, 1.54) is 30.0 Å². The molecule has 9 nitrogen and oxygen atoms in total. The molecule has 1 aliphatic rings. The second kappa shape index (κ2) is 16.9. The summed E-state index contributed by atoms with van der Waals surface area (Å²) in [5.74, 6) is 0. The van der Waals surface area contributed by atoms with Gasteiger partial charge in [0.15, 0.2) is 12.3 Å². The molecule has 0 radical (unpaired) electrons. The van der Waals surface area contributed by atoms with Gasteiger partial charge in [-0.2, -0.15) is 8.42 Å². The van der Waals surface area contributed by atoms with Crippen molar-refractivity contribution < 1.29 is 30.5 Å². The van der Waals surface area contributed by atoms with Gasteiger partial charge in [0.25, 0.3) is 10.1 Å². The largest absolute Gasteiger partial charge is 0.744 e. The van der Waals surface area contributed by atoms with Crippen LogP contribution >= 0.6 is 0 Å². The van der Waals surface area contributed by atoms with Crippen molar-refractivity contribution in [1.82, 2.24) is 0 Å². The fourth-order valence-electron chi connectivity index (χ4n) is 6.69. The molecule has 0 heterocycles. The lowest BCUT2D eigenvalue weighted by atomic mass is 9.88. The Kier molecular flexibility index (Phi) is 12.6. The quantitative estimate of drug-likeness (QED) is 0.103. The molecule has 1 N–H and O–H groups in total. The maximum absolute atomic E-state index is 11.7. The highest BCUT2D eigenvalue weighted by Gasteiger charge is 2.19. The normalized spacial score (nSPS) is 13.0. The van der Waals surface area contributed by atoms with Crippen LogP contribution < -0.4 is 9.80 Å². The van der Waals surface area contributed by atoms with Crippen LogP contribution in [0.2, 0.25) is 0 Å². The molecular formula is C42H47N3O6S2. The van der Waals surface area contributed by atoms with Crippen LogP contribution in [0.15, 0.2) is 131 Å². The number of hydrogen-bond acceptors (Lipinski definition) is 7. The Labute approximate surface area is 314 Å². The van der Waals surface area contributed by atoms with Crippen molar-refractivity contribution in [3.05, 3.63) is 149 Å². The molecule has 1 aliphatic carbocycles. The molecule has 53 heavy (non-hydrogen) atoms. The first-order chi connectivity index (χ1) is 25.2. The highest BCUT2D eigenvalue weighted by molar-refractivity contribution is 7.86. The van der Waals surface area contributed by atoms with Crippen molar-refractivity contribution in [3.8, 4) is 0 Å². The summed E-state index contributed by atoms with van der Waals surface area (Å²) < 4.78 is 70.1. The van der Waals surface area contributed by atoms with Gasteiger partial charge in [0.05, 0.1) is 9.79 Å². The number of rotatable bonds is 14.